The highest BCUT2D eigenvalue weighted by Gasteiger charge is 2.11. The van der Waals surface area contributed by atoms with E-state index in [9.17, 15) is 9.18 Å². The van der Waals surface area contributed by atoms with Crippen LogP contribution >= 0.6 is 11.6 Å². The van der Waals surface area contributed by atoms with Gasteiger partial charge in [0.05, 0.1) is 6.04 Å². The third-order valence-electron chi connectivity index (χ3n) is 2.08. The van der Waals surface area contributed by atoms with Gasteiger partial charge in [0.15, 0.2) is 0 Å². The fourth-order valence-corrected chi connectivity index (χ4v) is 1.55. The van der Waals surface area contributed by atoms with Crippen molar-refractivity contribution in [2.75, 3.05) is 0 Å². The van der Waals surface area contributed by atoms with Gasteiger partial charge in [-0.15, -0.1) is 0 Å². The summed E-state index contributed by atoms with van der Waals surface area (Å²) in [5, 5.41) is 8.75. The van der Waals surface area contributed by atoms with Crippen molar-refractivity contribution < 1.29 is 14.3 Å². The Morgan fingerprint density at radius 2 is 2.25 bits per heavy atom. The van der Waals surface area contributed by atoms with Crippen LogP contribution < -0.4 is 5.73 Å². The molecule has 0 heterocycles. The van der Waals surface area contributed by atoms with E-state index in [1.165, 1.54) is 18.2 Å². The van der Waals surface area contributed by atoms with Gasteiger partial charge in [-0.1, -0.05) is 17.7 Å². The lowest BCUT2D eigenvalue weighted by molar-refractivity contribution is -0.131. The molecule has 1 atom stereocenters. The maximum atomic E-state index is 13.3. The number of carboxylic acid groups (broad SMARTS) is 1. The van der Waals surface area contributed by atoms with E-state index < -0.39 is 17.8 Å². The van der Waals surface area contributed by atoms with Crippen LogP contribution in [0.2, 0.25) is 5.02 Å². The van der Waals surface area contributed by atoms with Crippen molar-refractivity contribution in [2.45, 2.75) is 13.0 Å². The molecule has 1 rings (SSSR count). The smallest absolute Gasteiger partial charge is 0.328 e. The van der Waals surface area contributed by atoms with E-state index in [0.717, 1.165) is 6.08 Å². The highest BCUT2D eigenvalue weighted by atomic mass is 35.5. The first-order valence-corrected chi connectivity index (χ1v) is 4.92. The van der Waals surface area contributed by atoms with Crippen molar-refractivity contribution in [1.82, 2.24) is 0 Å². The Hall–Kier alpha value is -1.39. The zero-order valence-electron chi connectivity index (χ0n) is 8.58. The van der Waals surface area contributed by atoms with Gasteiger partial charge in [-0.05, 0) is 30.2 Å². The number of carbonyl (C=O) groups is 1. The van der Waals surface area contributed by atoms with Gasteiger partial charge >= 0.3 is 5.97 Å². The number of carboxylic acids is 1. The van der Waals surface area contributed by atoms with E-state index in [4.69, 9.17) is 22.4 Å². The number of benzene rings is 1. The van der Waals surface area contributed by atoms with Crippen LogP contribution in [-0.2, 0) is 4.79 Å². The summed E-state index contributed by atoms with van der Waals surface area (Å²) in [6, 6.07) is 1.94. The Kier molecular flexibility index (Phi) is 4.04. The van der Waals surface area contributed by atoms with Gasteiger partial charge in [0, 0.05) is 11.1 Å². The number of hydrogen-bond acceptors (Lipinski definition) is 2. The molecule has 16 heavy (non-hydrogen) atoms. The second-order valence-corrected chi connectivity index (χ2v) is 3.75. The van der Waals surface area contributed by atoms with E-state index in [0.29, 0.717) is 16.1 Å². The molecule has 1 aromatic carbocycles. The van der Waals surface area contributed by atoms with Gasteiger partial charge in [0.2, 0.25) is 0 Å². The van der Waals surface area contributed by atoms with Crippen molar-refractivity contribution in [3.8, 4) is 0 Å². The Morgan fingerprint density at radius 3 is 2.81 bits per heavy atom. The monoisotopic (exact) mass is 243 g/mol. The molecule has 86 valence electrons. The molecule has 0 aromatic heterocycles. The van der Waals surface area contributed by atoms with E-state index in [1.807, 2.05) is 0 Å². The molecule has 3 nitrogen and oxygen atoms in total. The molecule has 0 radical (unpaired) electrons. The quantitative estimate of drug-likeness (QED) is 0.802. The first-order chi connectivity index (χ1) is 7.41. The van der Waals surface area contributed by atoms with Crippen LogP contribution in [-0.4, -0.2) is 11.1 Å². The minimum atomic E-state index is -1.11. The van der Waals surface area contributed by atoms with Gasteiger partial charge in [-0.25, -0.2) is 9.18 Å². The predicted molar refractivity (Wildman–Crippen MR) is 59.9 cm³/mol. The Bertz CT molecular complexity index is 446. The van der Waals surface area contributed by atoms with Crippen LogP contribution in [0.1, 0.15) is 17.2 Å². The lowest BCUT2D eigenvalue weighted by atomic mass is 10.0. The van der Waals surface area contributed by atoms with Gasteiger partial charge in [-0.3, -0.25) is 0 Å². The average molecular weight is 244 g/mol. The fourth-order valence-electron chi connectivity index (χ4n) is 1.21. The van der Waals surface area contributed by atoms with Crippen LogP contribution in [0.3, 0.4) is 0 Å². The van der Waals surface area contributed by atoms with Crippen LogP contribution in [0.25, 0.3) is 0 Å². The molecule has 0 spiro atoms. The van der Waals surface area contributed by atoms with Crippen LogP contribution in [0.15, 0.2) is 24.3 Å². The molecule has 0 aliphatic heterocycles. The van der Waals surface area contributed by atoms with Crippen LogP contribution in [0.4, 0.5) is 4.39 Å². The minimum Gasteiger partial charge on any atom is -0.478 e. The summed E-state index contributed by atoms with van der Waals surface area (Å²) in [4.78, 5) is 10.3. The Balaban J connectivity index is 3.04. The third-order valence-corrected chi connectivity index (χ3v) is 2.41. The maximum Gasteiger partial charge on any atom is 0.328 e. The SMILES string of the molecule is Cc1cc(Cl)c(C(N)/C=C/C(=O)O)cc1F. The van der Waals surface area contributed by atoms with Crippen molar-refractivity contribution in [3.05, 3.63) is 46.3 Å². The predicted octanol–water partition coefficient (Wildman–Crippen LogP) is 2.43. The van der Waals surface area contributed by atoms with Gasteiger partial charge in [0.25, 0.3) is 0 Å². The first-order valence-electron chi connectivity index (χ1n) is 4.54. The largest absolute Gasteiger partial charge is 0.478 e. The van der Waals surface area contributed by atoms with E-state index in [2.05, 4.69) is 0 Å². The number of aryl methyl sites for hydroxylation is 1. The zero-order valence-corrected chi connectivity index (χ0v) is 9.33. The lowest BCUT2D eigenvalue weighted by Crippen LogP contribution is -2.09. The standard InChI is InChI=1S/C11H11ClFNO2/c1-6-4-8(12)7(5-9(6)13)10(14)2-3-11(15)16/h2-5,10H,14H2,1H3,(H,15,16)/b3-2+. The van der Waals surface area contributed by atoms with E-state index in [1.54, 1.807) is 6.92 Å². The van der Waals surface area contributed by atoms with E-state index >= 15 is 0 Å². The zero-order chi connectivity index (χ0) is 12.3. The summed E-state index contributed by atoms with van der Waals surface area (Å²) >= 11 is 5.88. The molecule has 0 saturated heterocycles. The highest BCUT2D eigenvalue weighted by molar-refractivity contribution is 6.31. The molecule has 1 unspecified atom stereocenters. The molecule has 0 amide bonds. The average Bonchev–Trinajstić information content (AvgIpc) is 2.20. The lowest BCUT2D eigenvalue weighted by Gasteiger charge is -2.10. The fraction of sp³-hybridized carbons (Fsp3) is 0.182. The molecular weight excluding hydrogens is 233 g/mol. The molecule has 0 aliphatic carbocycles. The summed E-state index contributed by atoms with van der Waals surface area (Å²) in [7, 11) is 0. The summed E-state index contributed by atoms with van der Waals surface area (Å²) in [6.45, 7) is 1.59. The first kappa shape index (κ1) is 12.7. The molecule has 1 aromatic rings. The van der Waals surface area contributed by atoms with Crippen molar-refractivity contribution in [1.29, 1.82) is 0 Å². The Morgan fingerprint density at radius 1 is 1.62 bits per heavy atom. The number of rotatable bonds is 3. The molecule has 0 saturated carbocycles. The van der Waals surface area contributed by atoms with Crippen LogP contribution in [0, 0.1) is 12.7 Å². The third kappa shape index (κ3) is 3.05. The molecule has 3 N–H and O–H groups in total. The summed E-state index contributed by atoms with van der Waals surface area (Å²) in [5.41, 5.74) is 6.44. The minimum absolute atomic E-state index is 0.321. The highest BCUT2D eigenvalue weighted by Crippen LogP contribution is 2.25. The number of aliphatic carboxylic acids is 1. The maximum absolute atomic E-state index is 13.3. The molecule has 0 fully saturated rings. The normalized spacial score (nSPS) is 13.0. The summed E-state index contributed by atoms with van der Waals surface area (Å²) < 4.78 is 13.3. The van der Waals surface area contributed by atoms with Gasteiger partial charge in [-0.2, -0.15) is 0 Å². The van der Waals surface area contributed by atoms with Gasteiger partial charge in [0.1, 0.15) is 5.82 Å². The van der Waals surface area contributed by atoms with Crippen molar-refractivity contribution in [2.24, 2.45) is 5.73 Å². The molecular formula is C11H11ClFNO2. The number of hydrogen-bond donors (Lipinski definition) is 2. The molecule has 0 bridgehead atoms. The second-order valence-electron chi connectivity index (χ2n) is 3.35. The molecule has 0 aliphatic rings. The number of nitrogens with two attached hydrogens (primary N) is 1. The van der Waals surface area contributed by atoms with E-state index in [-0.39, 0.29) is 0 Å². The van der Waals surface area contributed by atoms with Crippen LogP contribution in [0.5, 0.6) is 0 Å². The molecule has 5 heteroatoms. The van der Waals surface area contributed by atoms with Crippen molar-refractivity contribution >= 4 is 17.6 Å². The summed E-state index contributed by atoms with van der Waals surface area (Å²) in [5.74, 6) is -1.53. The Labute approximate surface area is 97.3 Å². The van der Waals surface area contributed by atoms with Gasteiger partial charge < -0.3 is 10.8 Å². The van der Waals surface area contributed by atoms with Crippen molar-refractivity contribution in [3.63, 3.8) is 0 Å². The second kappa shape index (κ2) is 5.09. The number of halogens is 2. The topological polar surface area (TPSA) is 63.3 Å². The summed E-state index contributed by atoms with van der Waals surface area (Å²) in [6.07, 6.45) is 2.15.